The van der Waals surface area contributed by atoms with E-state index >= 15 is 0 Å². The van der Waals surface area contributed by atoms with Gasteiger partial charge in [-0.1, -0.05) is 0 Å². The summed E-state index contributed by atoms with van der Waals surface area (Å²) in [6.07, 6.45) is -2.73. The van der Waals surface area contributed by atoms with Gasteiger partial charge in [-0.05, 0) is 15.9 Å². The number of anilines is 1. The molecule has 1 aromatic rings. The largest absolute Gasteiger partial charge is 0.789 e. The Bertz CT molecular complexity index is 965. The highest BCUT2D eigenvalue weighted by atomic mass is 79.9. The molecule has 0 aliphatic carbocycles. The second kappa shape index (κ2) is 8.93. The maximum absolute atomic E-state index is 11.9. The average molecular weight is 543 g/mol. The van der Waals surface area contributed by atoms with Crippen LogP contribution in [0.25, 0.3) is 0 Å². The number of nitrogens with two attached hydrogens (primary N) is 1. The van der Waals surface area contributed by atoms with Gasteiger partial charge in [0, 0.05) is 12.6 Å². The summed E-state index contributed by atoms with van der Waals surface area (Å²) < 4.78 is 50.4. The summed E-state index contributed by atoms with van der Waals surface area (Å²) in [6.45, 7) is -0.955. The molecule has 0 aromatic carbocycles. The fourth-order valence-corrected chi connectivity index (χ4v) is 5.39. The molecule has 2 rings (SSSR count). The molecule has 2 heterocycles. The molecule has 1 aliphatic rings. The zero-order valence-electron chi connectivity index (χ0n) is 13.8. The van der Waals surface area contributed by atoms with Crippen LogP contribution < -0.4 is 26.1 Å². The van der Waals surface area contributed by atoms with Crippen molar-refractivity contribution in [1.82, 2.24) is 9.55 Å². The summed E-state index contributed by atoms with van der Waals surface area (Å²) in [7, 11) is -17.6. The maximum Gasteiger partial charge on any atom is 0.482 e. The van der Waals surface area contributed by atoms with E-state index in [2.05, 4.69) is 34.1 Å². The van der Waals surface area contributed by atoms with Crippen molar-refractivity contribution >= 4 is 45.2 Å². The van der Waals surface area contributed by atoms with Crippen molar-refractivity contribution in [2.24, 2.45) is 0 Å². The van der Waals surface area contributed by atoms with Crippen LogP contribution in [0.5, 0.6) is 0 Å². The standard InChI is InChI=1S/C9H15BrN3O13P3/c10-4-2-13(9(15)12-8(4)11)7-1-5(14)6(24-7)3-23-28(19,20)26-29(21,22)25-27(16,17)18/h2,5-7,14H,1,3H2,(H,19,20)(H,21,22)(H2,11,12,15)(H2,16,17,18)/p-3. The van der Waals surface area contributed by atoms with Gasteiger partial charge >= 0.3 is 13.5 Å². The molecular formula is C9H12BrN3O13P3-3. The molecule has 5 unspecified atom stereocenters. The van der Waals surface area contributed by atoms with Gasteiger partial charge in [-0.25, -0.2) is 13.7 Å². The molecule has 5 atom stereocenters. The first-order valence-electron chi connectivity index (χ1n) is 7.19. The third-order valence-electron chi connectivity index (χ3n) is 3.25. The Kier molecular flexibility index (Phi) is 7.62. The van der Waals surface area contributed by atoms with Crippen molar-refractivity contribution < 1.29 is 56.3 Å². The summed E-state index contributed by atoms with van der Waals surface area (Å²) in [5, 5.41) is 9.96. The third-order valence-corrected chi connectivity index (χ3v) is 7.58. The van der Waals surface area contributed by atoms with Gasteiger partial charge in [-0.2, -0.15) is 4.98 Å². The topological polar surface area (TPSA) is 259 Å². The molecule has 166 valence electrons. The molecule has 29 heavy (non-hydrogen) atoms. The van der Waals surface area contributed by atoms with E-state index in [0.717, 1.165) is 4.57 Å². The number of nitrogen functional groups attached to an aromatic ring is 1. The van der Waals surface area contributed by atoms with Gasteiger partial charge in [0.15, 0.2) is 0 Å². The zero-order valence-corrected chi connectivity index (χ0v) is 18.1. The smallest absolute Gasteiger partial charge is 0.482 e. The molecule has 1 aliphatic heterocycles. The van der Waals surface area contributed by atoms with Crippen molar-refractivity contribution in [3.8, 4) is 0 Å². The molecule has 0 spiro atoms. The predicted octanol–water partition coefficient (Wildman–Crippen LogP) is -2.32. The monoisotopic (exact) mass is 542 g/mol. The van der Waals surface area contributed by atoms with Crippen LogP contribution in [-0.2, 0) is 31.6 Å². The van der Waals surface area contributed by atoms with Crippen molar-refractivity contribution in [2.45, 2.75) is 24.9 Å². The molecule has 4 N–H and O–H groups in total. The second-order valence-corrected chi connectivity index (χ2v) is 10.6. The lowest BCUT2D eigenvalue weighted by molar-refractivity contribution is -0.334. The minimum Gasteiger partial charge on any atom is -0.789 e. The number of nitrogens with zero attached hydrogens (tertiary/aromatic N) is 2. The lowest BCUT2D eigenvalue weighted by atomic mass is 10.2. The minimum atomic E-state index is -6.05. The highest BCUT2D eigenvalue weighted by molar-refractivity contribution is 9.10. The van der Waals surface area contributed by atoms with Crippen molar-refractivity contribution in [3.63, 3.8) is 0 Å². The quantitative estimate of drug-likeness (QED) is 0.291. The maximum atomic E-state index is 11.9. The van der Waals surface area contributed by atoms with E-state index < -0.39 is 54.2 Å². The average Bonchev–Trinajstić information content (AvgIpc) is 2.86. The van der Waals surface area contributed by atoms with Crippen LogP contribution in [0.2, 0.25) is 0 Å². The number of aromatic nitrogens is 2. The van der Waals surface area contributed by atoms with Crippen molar-refractivity contribution in [1.29, 1.82) is 0 Å². The Morgan fingerprint density at radius 1 is 1.34 bits per heavy atom. The van der Waals surface area contributed by atoms with Gasteiger partial charge in [0.2, 0.25) is 0 Å². The molecule has 20 heteroatoms. The number of phosphoric acid groups is 3. The lowest BCUT2D eigenvalue weighted by Gasteiger charge is -2.32. The normalized spacial score (nSPS) is 26.8. The van der Waals surface area contributed by atoms with Crippen LogP contribution in [0.15, 0.2) is 15.5 Å². The molecule has 0 bridgehead atoms. The van der Waals surface area contributed by atoms with E-state index in [9.17, 15) is 38.3 Å². The second-order valence-electron chi connectivity index (χ2n) is 5.42. The van der Waals surface area contributed by atoms with Crippen LogP contribution in [0.3, 0.4) is 0 Å². The first-order chi connectivity index (χ1) is 13.1. The van der Waals surface area contributed by atoms with Crippen LogP contribution in [0.4, 0.5) is 5.82 Å². The van der Waals surface area contributed by atoms with Gasteiger partial charge in [-0.15, -0.1) is 0 Å². The van der Waals surface area contributed by atoms with Gasteiger partial charge in [0.1, 0.15) is 18.1 Å². The first kappa shape index (κ1) is 24.8. The lowest BCUT2D eigenvalue weighted by Crippen LogP contribution is -2.29. The zero-order chi connectivity index (χ0) is 22.2. The van der Waals surface area contributed by atoms with E-state index in [-0.39, 0.29) is 16.7 Å². The van der Waals surface area contributed by atoms with Gasteiger partial charge in [-0.3, -0.25) is 13.4 Å². The minimum absolute atomic E-state index is 0.0921. The number of aliphatic hydroxyl groups excluding tert-OH is 1. The summed E-state index contributed by atoms with van der Waals surface area (Å²) in [5.41, 5.74) is 4.64. The number of phosphoric ester groups is 1. The summed E-state index contributed by atoms with van der Waals surface area (Å²) in [4.78, 5) is 56.5. The summed E-state index contributed by atoms with van der Waals surface area (Å²) in [5.74, 6) is -0.0921. The number of ether oxygens (including phenoxy) is 1. The Labute approximate surface area is 169 Å². The Morgan fingerprint density at radius 2 is 1.97 bits per heavy atom. The van der Waals surface area contributed by atoms with Crippen molar-refractivity contribution in [3.05, 3.63) is 21.2 Å². The summed E-state index contributed by atoms with van der Waals surface area (Å²) in [6, 6.07) is 0. The third kappa shape index (κ3) is 7.29. The predicted molar refractivity (Wildman–Crippen MR) is 88.3 cm³/mol. The van der Waals surface area contributed by atoms with Crippen LogP contribution >= 0.6 is 39.4 Å². The summed E-state index contributed by atoms with van der Waals surface area (Å²) >= 11 is 3.05. The molecule has 0 saturated carbocycles. The van der Waals surface area contributed by atoms with Crippen molar-refractivity contribution in [2.75, 3.05) is 12.3 Å². The molecule has 16 nitrogen and oxygen atoms in total. The molecule has 1 fully saturated rings. The Balaban J connectivity index is 2.02. The number of rotatable bonds is 8. The van der Waals surface area contributed by atoms with E-state index in [0.29, 0.717) is 0 Å². The molecule has 1 aromatic heterocycles. The fourth-order valence-electron chi connectivity index (χ4n) is 2.16. The number of aliphatic hydroxyl groups is 1. The first-order valence-corrected chi connectivity index (χ1v) is 12.4. The fraction of sp³-hybridized carbons (Fsp3) is 0.556. The van der Waals surface area contributed by atoms with Crippen LogP contribution in [-0.4, -0.2) is 38.4 Å². The molecule has 0 radical (unpaired) electrons. The number of hydrogen-bond acceptors (Lipinski definition) is 14. The van der Waals surface area contributed by atoms with Gasteiger partial charge < -0.3 is 44.2 Å². The SMILES string of the molecule is Nc1nc(=O)n(C2CC(O)C(COP(=O)([O-])OP(=O)(O)OP(=O)([O-])[O-])O2)cc1Br. The van der Waals surface area contributed by atoms with E-state index in [4.69, 9.17) is 15.4 Å². The molecule has 1 saturated heterocycles. The molecule has 0 amide bonds. The highest BCUT2D eigenvalue weighted by Crippen LogP contribution is 2.63. The Hall–Kier alpha value is -0.510. The highest BCUT2D eigenvalue weighted by Gasteiger charge is 2.38. The molecular weight excluding hydrogens is 531 g/mol. The van der Waals surface area contributed by atoms with Crippen LogP contribution in [0.1, 0.15) is 12.6 Å². The Morgan fingerprint density at radius 3 is 2.55 bits per heavy atom. The number of halogens is 1. The van der Waals surface area contributed by atoms with E-state index in [1.165, 1.54) is 6.20 Å². The van der Waals surface area contributed by atoms with Crippen LogP contribution in [0, 0.1) is 0 Å². The van der Waals surface area contributed by atoms with E-state index in [1.807, 2.05) is 0 Å². The van der Waals surface area contributed by atoms with Gasteiger partial charge in [0.05, 0.1) is 25.0 Å². The number of hydrogen-bond donors (Lipinski definition) is 3. The van der Waals surface area contributed by atoms with Gasteiger partial charge in [0.25, 0.3) is 7.82 Å². The van der Waals surface area contributed by atoms with E-state index in [1.54, 1.807) is 0 Å².